The van der Waals surface area contributed by atoms with Gasteiger partial charge in [-0.3, -0.25) is 9.59 Å². The smallest absolute Gasteiger partial charge is 0.348 e. The number of hydrogen-bond acceptors (Lipinski definition) is 2. The zero-order valence-corrected chi connectivity index (χ0v) is 10.7. The Morgan fingerprint density at radius 2 is 1.85 bits per heavy atom. The van der Waals surface area contributed by atoms with Crippen LogP contribution in [-0.2, 0) is 16.1 Å². The number of halogens is 3. The number of amides is 2. The number of carbonyl (C=O) groups is 2. The van der Waals surface area contributed by atoms with E-state index in [0.717, 1.165) is 0 Å². The fourth-order valence-corrected chi connectivity index (χ4v) is 1.32. The highest BCUT2D eigenvalue weighted by molar-refractivity contribution is 5.96. The van der Waals surface area contributed by atoms with Gasteiger partial charge in [0.05, 0.1) is 0 Å². The zero-order valence-electron chi connectivity index (χ0n) is 10.7. The summed E-state index contributed by atoms with van der Waals surface area (Å²) in [5, 5.41) is 4.25. The van der Waals surface area contributed by atoms with Crippen LogP contribution in [0.2, 0.25) is 0 Å². The molecule has 0 unspecified atom stereocenters. The van der Waals surface area contributed by atoms with Crippen LogP contribution >= 0.6 is 0 Å². The first-order valence-electron chi connectivity index (χ1n) is 5.61. The Balaban J connectivity index is 2.81. The van der Waals surface area contributed by atoms with Crippen LogP contribution in [0.5, 0.6) is 0 Å². The lowest BCUT2D eigenvalue weighted by atomic mass is 10.1. The van der Waals surface area contributed by atoms with E-state index in [2.05, 4.69) is 11.9 Å². The van der Waals surface area contributed by atoms with Crippen molar-refractivity contribution in [1.29, 1.82) is 0 Å². The Morgan fingerprint density at radius 1 is 1.25 bits per heavy atom. The van der Waals surface area contributed by atoms with E-state index in [0.29, 0.717) is 5.56 Å². The number of alkyl halides is 3. The molecule has 2 amide bonds. The monoisotopic (exact) mass is 286 g/mol. The van der Waals surface area contributed by atoms with Crippen molar-refractivity contribution in [2.75, 3.05) is 5.32 Å². The molecule has 108 valence electrons. The second kappa shape index (κ2) is 6.23. The average molecular weight is 286 g/mol. The van der Waals surface area contributed by atoms with Gasteiger partial charge in [-0.25, -0.2) is 0 Å². The minimum Gasteiger partial charge on any atom is -0.348 e. The Labute approximate surface area is 113 Å². The van der Waals surface area contributed by atoms with E-state index in [9.17, 15) is 22.8 Å². The van der Waals surface area contributed by atoms with E-state index >= 15 is 0 Å². The fraction of sp³-hybridized carbons (Fsp3) is 0.231. The Morgan fingerprint density at radius 3 is 2.40 bits per heavy atom. The predicted octanol–water partition coefficient (Wildman–Crippen LogP) is 2.38. The lowest BCUT2D eigenvalue weighted by Crippen LogP contribution is -2.31. The summed E-state index contributed by atoms with van der Waals surface area (Å²) in [7, 11) is 0. The molecule has 0 fully saturated rings. The van der Waals surface area contributed by atoms with Crippen molar-refractivity contribution in [2.24, 2.45) is 0 Å². The number of nitrogens with one attached hydrogen (secondary N) is 2. The van der Waals surface area contributed by atoms with Crippen molar-refractivity contribution in [3.8, 4) is 0 Å². The van der Waals surface area contributed by atoms with Gasteiger partial charge in [-0.15, -0.1) is 0 Å². The van der Waals surface area contributed by atoms with Crippen LogP contribution in [0.25, 0.3) is 0 Å². The number of para-hydroxylation sites is 1. The number of benzene rings is 1. The molecule has 0 aliphatic heterocycles. The molecule has 0 aliphatic carbocycles. The van der Waals surface area contributed by atoms with Crippen molar-refractivity contribution in [3.63, 3.8) is 0 Å². The van der Waals surface area contributed by atoms with E-state index < -0.39 is 18.0 Å². The Kier molecular flexibility index (Phi) is 4.90. The van der Waals surface area contributed by atoms with Gasteiger partial charge < -0.3 is 10.6 Å². The van der Waals surface area contributed by atoms with Gasteiger partial charge in [-0.1, -0.05) is 24.8 Å². The Hall–Kier alpha value is -2.31. The molecule has 7 heteroatoms. The molecule has 20 heavy (non-hydrogen) atoms. The lowest BCUT2D eigenvalue weighted by molar-refractivity contribution is -0.167. The highest BCUT2D eigenvalue weighted by Gasteiger charge is 2.38. The van der Waals surface area contributed by atoms with Crippen LogP contribution < -0.4 is 10.6 Å². The molecule has 0 aliphatic rings. The fourth-order valence-electron chi connectivity index (χ4n) is 1.32. The molecule has 1 aromatic carbocycles. The molecule has 2 N–H and O–H groups in total. The van der Waals surface area contributed by atoms with Crippen molar-refractivity contribution in [1.82, 2.24) is 5.32 Å². The van der Waals surface area contributed by atoms with E-state index in [1.807, 2.05) is 0 Å². The lowest BCUT2D eigenvalue weighted by Gasteiger charge is -2.13. The van der Waals surface area contributed by atoms with Gasteiger partial charge >= 0.3 is 12.1 Å². The number of hydrogen-bond donors (Lipinski definition) is 2. The van der Waals surface area contributed by atoms with Gasteiger partial charge in [0.2, 0.25) is 5.91 Å². The van der Waals surface area contributed by atoms with Gasteiger partial charge in [0, 0.05) is 17.8 Å². The zero-order chi connectivity index (χ0) is 15.3. The first-order valence-corrected chi connectivity index (χ1v) is 5.61. The summed E-state index contributed by atoms with van der Waals surface area (Å²) in [6.45, 7) is 4.93. The van der Waals surface area contributed by atoms with Gasteiger partial charge in [-0.05, 0) is 18.6 Å². The molecule has 0 aromatic heterocycles. The van der Waals surface area contributed by atoms with Gasteiger partial charge in [0.25, 0.3) is 0 Å². The Bertz CT molecular complexity index is 539. The molecule has 0 spiro atoms. The van der Waals surface area contributed by atoms with Crippen LogP contribution in [0.1, 0.15) is 12.5 Å². The summed E-state index contributed by atoms with van der Waals surface area (Å²) < 4.78 is 36.6. The molecule has 0 radical (unpaired) electrons. The average Bonchev–Trinajstić information content (AvgIpc) is 2.36. The van der Waals surface area contributed by atoms with Gasteiger partial charge in [-0.2, -0.15) is 13.2 Å². The third-order valence-electron chi connectivity index (χ3n) is 2.35. The molecule has 0 saturated heterocycles. The normalized spacial score (nSPS) is 10.8. The molecule has 0 bridgehead atoms. The molecule has 0 atom stereocenters. The van der Waals surface area contributed by atoms with E-state index in [1.54, 1.807) is 11.4 Å². The summed E-state index contributed by atoms with van der Waals surface area (Å²) in [5.41, 5.74) is 0.637. The van der Waals surface area contributed by atoms with Crippen molar-refractivity contribution in [3.05, 3.63) is 42.0 Å². The maximum Gasteiger partial charge on any atom is 0.471 e. The summed E-state index contributed by atoms with van der Waals surface area (Å²) in [6, 6.07) is 5.90. The topological polar surface area (TPSA) is 58.2 Å². The van der Waals surface area contributed by atoms with E-state index in [-0.39, 0.29) is 17.8 Å². The van der Waals surface area contributed by atoms with Crippen LogP contribution in [0.4, 0.5) is 18.9 Å². The first-order chi connectivity index (χ1) is 9.21. The quantitative estimate of drug-likeness (QED) is 0.835. The molecule has 0 heterocycles. The largest absolute Gasteiger partial charge is 0.471 e. The van der Waals surface area contributed by atoms with Crippen LogP contribution in [0, 0.1) is 0 Å². The van der Waals surface area contributed by atoms with Gasteiger partial charge in [0.15, 0.2) is 0 Å². The third-order valence-corrected chi connectivity index (χ3v) is 2.35. The van der Waals surface area contributed by atoms with Crippen molar-refractivity contribution >= 4 is 17.5 Å². The van der Waals surface area contributed by atoms with E-state index in [1.165, 1.54) is 25.1 Å². The number of anilines is 1. The van der Waals surface area contributed by atoms with Crippen LogP contribution in [0.3, 0.4) is 0 Å². The highest BCUT2D eigenvalue weighted by Crippen LogP contribution is 2.20. The van der Waals surface area contributed by atoms with Crippen LogP contribution in [0.15, 0.2) is 36.4 Å². The second-order valence-corrected chi connectivity index (χ2v) is 4.07. The first kappa shape index (κ1) is 15.7. The number of rotatable bonds is 4. The highest BCUT2D eigenvalue weighted by atomic mass is 19.4. The summed E-state index contributed by atoms with van der Waals surface area (Å²) in [5.74, 6) is -2.47. The van der Waals surface area contributed by atoms with Crippen molar-refractivity contribution < 1.29 is 22.8 Å². The van der Waals surface area contributed by atoms with Gasteiger partial charge in [0.1, 0.15) is 0 Å². The van der Waals surface area contributed by atoms with Crippen LogP contribution in [-0.4, -0.2) is 18.0 Å². The summed E-state index contributed by atoms with van der Waals surface area (Å²) >= 11 is 0. The molecule has 0 saturated carbocycles. The molecular formula is C13H13F3N2O2. The molecule has 1 aromatic rings. The molecule has 1 rings (SSSR count). The maximum atomic E-state index is 12.2. The number of carbonyl (C=O) groups excluding carboxylic acids is 2. The summed E-state index contributed by atoms with van der Waals surface area (Å²) in [6.07, 6.45) is -4.96. The predicted molar refractivity (Wildman–Crippen MR) is 67.8 cm³/mol. The summed E-state index contributed by atoms with van der Waals surface area (Å²) in [4.78, 5) is 22.2. The molecule has 4 nitrogen and oxygen atoms in total. The minimum atomic E-state index is -4.96. The van der Waals surface area contributed by atoms with Crippen molar-refractivity contribution in [2.45, 2.75) is 19.6 Å². The SMILES string of the molecule is C=C(C)C(=O)NCc1ccccc1NC(=O)C(F)(F)F. The maximum absolute atomic E-state index is 12.2. The minimum absolute atomic E-state index is 0.00293. The van der Waals surface area contributed by atoms with E-state index in [4.69, 9.17) is 0 Å². The molecular weight excluding hydrogens is 273 g/mol. The third kappa shape index (κ3) is 4.42. The second-order valence-electron chi connectivity index (χ2n) is 4.07. The standard InChI is InChI=1S/C13H13F3N2O2/c1-8(2)11(19)17-7-9-5-3-4-6-10(9)18-12(20)13(14,15)16/h3-6H,1,7H2,2H3,(H,17,19)(H,18,20).